The number of aryl methyl sites for hydroxylation is 3. The first-order chi connectivity index (χ1) is 11.0. The molecule has 2 saturated carbocycles. The van der Waals surface area contributed by atoms with E-state index in [0.29, 0.717) is 3.42 Å². The van der Waals surface area contributed by atoms with E-state index in [1.807, 2.05) is 0 Å². The van der Waals surface area contributed by atoms with E-state index in [2.05, 4.69) is 55.5 Å². The molecule has 0 bridgehead atoms. The molecule has 128 valence electrons. The number of halogens is 1. The minimum Gasteiger partial charge on any atom is -0.0789 e. The van der Waals surface area contributed by atoms with Crippen molar-refractivity contribution >= 4 is 22.6 Å². The lowest BCUT2D eigenvalue weighted by atomic mass is 9.90. The Kier molecular flexibility index (Phi) is 5.45. The van der Waals surface area contributed by atoms with Crippen molar-refractivity contribution in [1.82, 2.24) is 0 Å². The monoisotopic (exact) mass is 424 g/mol. The van der Waals surface area contributed by atoms with Gasteiger partial charge in [0.1, 0.15) is 0 Å². The summed E-state index contributed by atoms with van der Waals surface area (Å²) in [5, 5.41) is 0. The van der Waals surface area contributed by atoms with Crippen LogP contribution in [0.15, 0.2) is 12.1 Å². The third kappa shape index (κ3) is 4.74. The van der Waals surface area contributed by atoms with Crippen molar-refractivity contribution in [1.29, 1.82) is 0 Å². The fourth-order valence-electron chi connectivity index (χ4n) is 4.13. The average molecular weight is 424 g/mol. The highest BCUT2D eigenvalue weighted by Gasteiger charge is 2.39. The van der Waals surface area contributed by atoms with Gasteiger partial charge in [0.25, 0.3) is 0 Å². The zero-order valence-corrected chi connectivity index (χ0v) is 17.5. The van der Waals surface area contributed by atoms with E-state index in [-0.39, 0.29) is 0 Å². The summed E-state index contributed by atoms with van der Waals surface area (Å²) in [6, 6.07) is 4.89. The van der Waals surface area contributed by atoms with E-state index < -0.39 is 0 Å². The van der Waals surface area contributed by atoms with Crippen LogP contribution in [0.1, 0.15) is 87.0 Å². The SMILES string of the molecule is CCC1(CCCc2cc(C)cc(CCCC3(I)CC3)c2C)CC1. The van der Waals surface area contributed by atoms with Gasteiger partial charge in [0.2, 0.25) is 0 Å². The Morgan fingerprint density at radius 3 is 1.96 bits per heavy atom. The van der Waals surface area contributed by atoms with Gasteiger partial charge in [-0.25, -0.2) is 0 Å². The normalized spacial score (nSPS) is 20.5. The molecular formula is C22H33I. The van der Waals surface area contributed by atoms with Crippen molar-refractivity contribution in [3.63, 3.8) is 0 Å². The van der Waals surface area contributed by atoms with E-state index in [9.17, 15) is 0 Å². The summed E-state index contributed by atoms with van der Waals surface area (Å²) < 4.78 is 0.678. The molecule has 0 aromatic heterocycles. The summed E-state index contributed by atoms with van der Waals surface area (Å²) >= 11 is 2.69. The van der Waals surface area contributed by atoms with Gasteiger partial charge in [-0.2, -0.15) is 0 Å². The van der Waals surface area contributed by atoms with Crippen LogP contribution in [0.4, 0.5) is 0 Å². The topological polar surface area (TPSA) is 0 Å². The summed E-state index contributed by atoms with van der Waals surface area (Å²) in [6.45, 7) is 7.03. The van der Waals surface area contributed by atoms with Gasteiger partial charge >= 0.3 is 0 Å². The van der Waals surface area contributed by atoms with Gasteiger partial charge in [-0.3, -0.25) is 0 Å². The predicted molar refractivity (Wildman–Crippen MR) is 110 cm³/mol. The molecule has 0 radical (unpaired) electrons. The average Bonchev–Trinajstić information content (AvgIpc) is 3.43. The van der Waals surface area contributed by atoms with Crippen LogP contribution < -0.4 is 0 Å². The smallest absolute Gasteiger partial charge is 0.0223 e. The zero-order chi connectivity index (χ0) is 16.5. The third-order valence-electron chi connectivity index (χ3n) is 6.49. The van der Waals surface area contributed by atoms with Crippen molar-refractivity contribution in [2.75, 3.05) is 0 Å². The summed E-state index contributed by atoms with van der Waals surface area (Å²) in [5.41, 5.74) is 7.06. The summed E-state index contributed by atoms with van der Waals surface area (Å²) in [7, 11) is 0. The molecule has 23 heavy (non-hydrogen) atoms. The molecule has 0 aliphatic heterocycles. The molecule has 1 heteroatoms. The van der Waals surface area contributed by atoms with Crippen LogP contribution in [0, 0.1) is 19.3 Å². The molecule has 3 rings (SSSR count). The molecule has 2 aliphatic rings. The standard InChI is InChI=1S/C22H33I/c1-4-21(11-12-21)9-5-7-19-15-17(2)16-20(18(19)3)8-6-10-22(23)13-14-22/h15-16H,4-14H2,1-3H3. The van der Waals surface area contributed by atoms with Gasteiger partial charge in [0.15, 0.2) is 0 Å². The second-order valence-electron chi connectivity index (χ2n) is 8.42. The first kappa shape index (κ1) is 17.8. The number of hydrogen-bond acceptors (Lipinski definition) is 0. The Labute approximate surface area is 157 Å². The van der Waals surface area contributed by atoms with Gasteiger partial charge in [-0.1, -0.05) is 53.6 Å². The largest absolute Gasteiger partial charge is 0.0789 e. The van der Waals surface area contributed by atoms with E-state index in [1.54, 1.807) is 16.7 Å². The molecule has 0 atom stereocenters. The third-order valence-corrected chi connectivity index (χ3v) is 8.11. The molecule has 0 amide bonds. The van der Waals surface area contributed by atoms with Crippen LogP contribution in [-0.2, 0) is 12.8 Å². The van der Waals surface area contributed by atoms with E-state index in [4.69, 9.17) is 0 Å². The van der Waals surface area contributed by atoms with Crippen LogP contribution in [0.25, 0.3) is 0 Å². The van der Waals surface area contributed by atoms with Crippen molar-refractivity contribution in [3.8, 4) is 0 Å². The fourth-order valence-corrected chi connectivity index (χ4v) is 4.78. The molecule has 1 aromatic rings. The number of hydrogen-bond donors (Lipinski definition) is 0. The molecule has 0 heterocycles. The Bertz CT molecular complexity index is 549. The highest BCUT2D eigenvalue weighted by molar-refractivity contribution is 14.1. The summed E-state index contributed by atoms with van der Waals surface area (Å²) in [4.78, 5) is 0. The van der Waals surface area contributed by atoms with E-state index in [1.165, 1.54) is 76.2 Å². The van der Waals surface area contributed by atoms with Crippen molar-refractivity contribution in [2.24, 2.45) is 5.41 Å². The van der Waals surface area contributed by atoms with Gasteiger partial charge in [-0.05, 0) is 100 Å². The Morgan fingerprint density at radius 1 is 0.913 bits per heavy atom. The highest BCUT2D eigenvalue weighted by Crippen LogP contribution is 2.52. The van der Waals surface area contributed by atoms with Crippen molar-refractivity contribution in [2.45, 2.75) is 94.8 Å². The lowest BCUT2D eigenvalue weighted by Gasteiger charge is -2.16. The van der Waals surface area contributed by atoms with Crippen LogP contribution in [0.2, 0.25) is 0 Å². The molecule has 1 aromatic carbocycles. The van der Waals surface area contributed by atoms with Crippen LogP contribution in [0.3, 0.4) is 0 Å². The minimum atomic E-state index is 0.678. The van der Waals surface area contributed by atoms with Crippen LogP contribution in [0.5, 0.6) is 0 Å². The minimum absolute atomic E-state index is 0.678. The van der Waals surface area contributed by atoms with Crippen molar-refractivity contribution in [3.05, 3.63) is 34.4 Å². The number of alkyl halides is 1. The summed E-state index contributed by atoms with van der Waals surface area (Å²) in [6.07, 6.45) is 15.4. The highest BCUT2D eigenvalue weighted by atomic mass is 127. The van der Waals surface area contributed by atoms with Crippen LogP contribution >= 0.6 is 22.6 Å². The number of rotatable bonds is 9. The second kappa shape index (κ2) is 7.06. The van der Waals surface area contributed by atoms with Gasteiger partial charge in [-0.15, -0.1) is 0 Å². The van der Waals surface area contributed by atoms with Gasteiger partial charge in [0.05, 0.1) is 0 Å². The molecule has 0 spiro atoms. The first-order valence-electron chi connectivity index (χ1n) is 9.73. The lowest BCUT2D eigenvalue weighted by molar-refractivity contribution is 0.433. The molecule has 0 N–H and O–H groups in total. The molecule has 2 aliphatic carbocycles. The second-order valence-corrected chi connectivity index (χ2v) is 10.7. The maximum absolute atomic E-state index is 2.69. The zero-order valence-electron chi connectivity index (χ0n) is 15.3. The van der Waals surface area contributed by atoms with Crippen molar-refractivity contribution < 1.29 is 0 Å². The first-order valence-corrected chi connectivity index (χ1v) is 10.8. The Balaban J connectivity index is 1.56. The van der Waals surface area contributed by atoms with E-state index >= 15 is 0 Å². The fraction of sp³-hybridized carbons (Fsp3) is 0.727. The molecule has 0 unspecified atom stereocenters. The maximum atomic E-state index is 2.69. The predicted octanol–water partition coefficient (Wildman–Crippen LogP) is 7.11. The van der Waals surface area contributed by atoms with Gasteiger partial charge < -0.3 is 0 Å². The summed E-state index contributed by atoms with van der Waals surface area (Å²) in [5.74, 6) is 0. The molecule has 2 fully saturated rings. The Morgan fingerprint density at radius 2 is 1.48 bits per heavy atom. The molecule has 0 saturated heterocycles. The van der Waals surface area contributed by atoms with Crippen LogP contribution in [-0.4, -0.2) is 3.42 Å². The van der Waals surface area contributed by atoms with Gasteiger partial charge in [0, 0.05) is 3.42 Å². The Hall–Kier alpha value is -0.0500. The lowest BCUT2D eigenvalue weighted by Crippen LogP contribution is -2.03. The molecule has 0 nitrogen and oxygen atoms in total. The quantitative estimate of drug-likeness (QED) is 0.293. The maximum Gasteiger partial charge on any atom is 0.0223 e. The number of benzene rings is 1. The van der Waals surface area contributed by atoms with E-state index in [0.717, 1.165) is 5.41 Å². The molecular weight excluding hydrogens is 391 g/mol.